The van der Waals surface area contributed by atoms with Crippen LogP contribution in [-0.4, -0.2) is 62.6 Å². The summed E-state index contributed by atoms with van der Waals surface area (Å²) in [5.41, 5.74) is 4.69. The molecule has 1 fully saturated rings. The average Bonchev–Trinajstić information content (AvgIpc) is 3.22. The molecule has 3 rings (SSSR count). The van der Waals surface area contributed by atoms with Gasteiger partial charge in [0.15, 0.2) is 15.8 Å². The van der Waals surface area contributed by atoms with Crippen LogP contribution in [0.25, 0.3) is 5.69 Å². The fraction of sp³-hybridized carbons (Fsp3) is 0.522. The van der Waals surface area contributed by atoms with Crippen molar-refractivity contribution >= 4 is 39.8 Å². The van der Waals surface area contributed by atoms with E-state index in [0.717, 1.165) is 23.9 Å². The quantitative estimate of drug-likeness (QED) is 0.311. The Bertz CT molecular complexity index is 1030. The molecule has 1 aliphatic heterocycles. The van der Waals surface area contributed by atoms with Crippen LogP contribution in [0, 0.1) is 19.8 Å². The Labute approximate surface area is 209 Å². The maximum absolute atomic E-state index is 11.7. The molecule has 1 aromatic heterocycles. The predicted octanol–water partition coefficient (Wildman–Crippen LogP) is 3.55. The van der Waals surface area contributed by atoms with E-state index in [2.05, 4.69) is 46.8 Å². The number of nitrogens with one attached hydrogen (secondary N) is 1. The van der Waals surface area contributed by atoms with Crippen molar-refractivity contribution in [1.29, 1.82) is 0 Å². The Hall–Kier alpha value is -1.75. The molecule has 0 amide bonds. The molecule has 1 atom stereocenters. The summed E-state index contributed by atoms with van der Waals surface area (Å²) in [7, 11) is 0.814. The second-order valence-electron chi connectivity index (χ2n) is 8.25. The van der Waals surface area contributed by atoms with Gasteiger partial charge in [-0.1, -0.05) is 0 Å². The van der Waals surface area contributed by atoms with Gasteiger partial charge in [0.25, 0.3) is 0 Å². The number of nitrogens with zero attached hydrogens (tertiary/aromatic N) is 3. The number of aromatic nitrogens is 1. The first-order chi connectivity index (χ1) is 14.7. The summed E-state index contributed by atoms with van der Waals surface area (Å²) in [5, 5.41) is 3.34. The van der Waals surface area contributed by atoms with Crippen molar-refractivity contribution in [2.75, 3.05) is 38.8 Å². The molecular weight excluding hydrogens is 539 g/mol. The van der Waals surface area contributed by atoms with Crippen LogP contribution in [0.3, 0.4) is 0 Å². The van der Waals surface area contributed by atoms with Gasteiger partial charge in [0.05, 0.1) is 18.6 Å². The van der Waals surface area contributed by atoms with Crippen LogP contribution in [0.5, 0.6) is 5.75 Å². The van der Waals surface area contributed by atoms with Gasteiger partial charge in [-0.2, -0.15) is 0 Å². The van der Waals surface area contributed by atoms with E-state index in [1.54, 1.807) is 7.11 Å². The topological polar surface area (TPSA) is 75.9 Å². The highest BCUT2D eigenvalue weighted by Crippen LogP contribution is 2.24. The molecule has 2 aromatic rings. The molecule has 2 heterocycles. The number of benzene rings is 1. The number of halogens is 1. The summed E-state index contributed by atoms with van der Waals surface area (Å²) in [6.07, 6.45) is 0.706. The highest BCUT2D eigenvalue weighted by Gasteiger charge is 2.27. The van der Waals surface area contributed by atoms with Gasteiger partial charge >= 0.3 is 0 Å². The van der Waals surface area contributed by atoms with Gasteiger partial charge in [0.2, 0.25) is 0 Å². The van der Waals surface area contributed by atoms with E-state index in [1.807, 2.05) is 26.1 Å². The molecule has 0 saturated carbocycles. The van der Waals surface area contributed by atoms with Gasteiger partial charge in [-0.25, -0.2) is 8.42 Å². The molecule has 1 aromatic carbocycles. The summed E-state index contributed by atoms with van der Waals surface area (Å²) < 4.78 is 31.0. The van der Waals surface area contributed by atoms with Crippen molar-refractivity contribution in [1.82, 2.24) is 14.8 Å². The number of ether oxygens (including phenoxy) is 1. The Morgan fingerprint density at radius 2 is 1.97 bits per heavy atom. The van der Waals surface area contributed by atoms with Crippen molar-refractivity contribution in [2.45, 2.75) is 33.7 Å². The van der Waals surface area contributed by atoms with E-state index < -0.39 is 9.84 Å². The number of hydrogen-bond donors (Lipinski definition) is 1. The van der Waals surface area contributed by atoms with Gasteiger partial charge < -0.3 is 19.5 Å². The third-order valence-corrected chi connectivity index (χ3v) is 7.63. The normalized spacial score (nSPS) is 17.7. The third-order valence-electron chi connectivity index (χ3n) is 5.80. The number of methoxy groups -OCH3 is 1. The molecule has 178 valence electrons. The number of aryl methyl sites for hydroxylation is 1. The molecule has 0 bridgehead atoms. The molecule has 0 radical (unpaired) electrons. The van der Waals surface area contributed by atoms with E-state index in [-0.39, 0.29) is 41.4 Å². The zero-order valence-electron chi connectivity index (χ0n) is 19.6. The second kappa shape index (κ2) is 11.4. The smallest absolute Gasteiger partial charge is 0.193 e. The first kappa shape index (κ1) is 26.5. The summed E-state index contributed by atoms with van der Waals surface area (Å²) in [6.45, 7) is 8.30. The Kier molecular flexibility index (Phi) is 9.44. The largest absolute Gasteiger partial charge is 0.497 e. The molecule has 0 aliphatic carbocycles. The molecule has 0 spiro atoms. The Morgan fingerprint density at radius 3 is 2.53 bits per heavy atom. The lowest BCUT2D eigenvalue weighted by Crippen LogP contribution is -2.39. The molecule has 1 N–H and O–H groups in total. The van der Waals surface area contributed by atoms with Crippen molar-refractivity contribution in [3.63, 3.8) is 0 Å². The Morgan fingerprint density at radius 1 is 1.28 bits per heavy atom. The van der Waals surface area contributed by atoms with Gasteiger partial charge in [-0.15, -0.1) is 24.0 Å². The zero-order valence-corrected chi connectivity index (χ0v) is 22.7. The first-order valence-corrected chi connectivity index (χ1v) is 12.6. The van der Waals surface area contributed by atoms with Crippen LogP contribution >= 0.6 is 24.0 Å². The summed E-state index contributed by atoms with van der Waals surface area (Å²) in [5.74, 6) is 2.31. The number of aliphatic imine (C=N–C) groups is 1. The van der Waals surface area contributed by atoms with E-state index in [4.69, 9.17) is 9.73 Å². The fourth-order valence-electron chi connectivity index (χ4n) is 4.15. The van der Waals surface area contributed by atoms with Crippen molar-refractivity contribution < 1.29 is 13.2 Å². The number of hydrogen-bond acceptors (Lipinski definition) is 4. The standard InChI is InChI=1S/C23H34N4O3S.HI/c1-6-24-23(25-14-19-11-12-31(28,29)16-19)26(4)15-20-13-17(2)27(18(20)3)21-7-9-22(30-5)10-8-21;/h7-10,13,19H,6,11-12,14-16H2,1-5H3,(H,24,25);1H. The lowest BCUT2D eigenvalue weighted by atomic mass is 10.1. The van der Waals surface area contributed by atoms with Gasteiger partial charge in [-0.3, -0.25) is 4.99 Å². The van der Waals surface area contributed by atoms with Crippen LogP contribution < -0.4 is 10.1 Å². The average molecular weight is 575 g/mol. The monoisotopic (exact) mass is 574 g/mol. The van der Waals surface area contributed by atoms with Crippen molar-refractivity contribution in [2.24, 2.45) is 10.9 Å². The molecular formula is C23H35IN4O3S. The molecule has 32 heavy (non-hydrogen) atoms. The third kappa shape index (κ3) is 6.40. The molecule has 7 nitrogen and oxygen atoms in total. The lowest BCUT2D eigenvalue weighted by Gasteiger charge is -2.23. The van der Waals surface area contributed by atoms with E-state index >= 15 is 0 Å². The van der Waals surface area contributed by atoms with E-state index in [9.17, 15) is 8.42 Å². The van der Waals surface area contributed by atoms with Crippen molar-refractivity contribution in [3.05, 3.63) is 47.3 Å². The molecule has 1 unspecified atom stereocenters. The highest BCUT2D eigenvalue weighted by molar-refractivity contribution is 14.0. The van der Waals surface area contributed by atoms with Gasteiger partial charge in [0, 0.05) is 43.8 Å². The van der Waals surface area contributed by atoms with Crippen LogP contribution in [0.4, 0.5) is 0 Å². The maximum atomic E-state index is 11.7. The fourth-order valence-corrected chi connectivity index (χ4v) is 6.00. The number of guanidine groups is 1. The number of rotatable bonds is 7. The Balaban J connectivity index is 0.00000363. The SMILES string of the molecule is CCNC(=NCC1CCS(=O)(=O)C1)N(C)Cc1cc(C)n(-c2ccc(OC)cc2)c1C.I. The number of sulfone groups is 1. The van der Waals surface area contributed by atoms with Crippen LogP contribution in [-0.2, 0) is 16.4 Å². The summed E-state index contributed by atoms with van der Waals surface area (Å²) in [4.78, 5) is 6.84. The highest BCUT2D eigenvalue weighted by atomic mass is 127. The lowest BCUT2D eigenvalue weighted by molar-refractivity contribution is 0.414. The summed E-state index contributed by atoms with van der Waals surface area (Å²) >= 11 is 0. The minimum atomic E-state index is -2.88. The minimum absolute atomic E-state index is 0. The van der Waals surface area contributed by atoms with E-state index in [1.165, 1.54) is 17.0 Å². The summed E-state index contributed by atoms with van der Waals surface area (Å²) in [6, 6.07) is 10.3. The van der Waals surface area contributed by atoms with Crippen LogP contribution in [0.2, 0.25) is 0 Å². The van der Waals surface area contributed by atoms with Gasteiger partial charge in [0.1, 0.15) is 5.75 Å². The zero-order chi connectivity index (χ0) is 22.6. The maximum Gasteiger partial charge on any atom is 0.193 e. The van der Waals surface area contributed by atoms with E-state index in [0.29, 0.717) is 19.5 Å². The minimum Gasteiger partial charge on any atom is -0.497 e. The second-order valence-corrected chi connectivity index (χ2v) is 10.5. The van der Waals surface area contributed by atoms with Crippen molar-refractivity contribution in [3.8, 4) is 11.4 Å². The molecule has 9 heteroatoms. The van der Waals surface area contributed by atoms with Crippen LogP contribution in [0.1, 0.15) is 30.3 Å². The molecule has 1 aliphatic rings. The first-order valence-electron chi connectivity index (χ1n) is 10.8. The predicted molar refractivity (Wildman–Crippen MR) is 141 cm³/mol. The molecule has 1 saturated heterocycles. The van der Waals surface area contributed by atoms with Crippen LogP contribution in [0.15, 0.2) is 35.3 Å². The van der Waals surface area contributed by atoms with Gasteiger partial charge in [-0.05, 0) is 69.0 Å².